The second kappa shape index (κ2) is 6.43. The van der Waals surface area contributed by atoms with Gasteiger partial charge >= 0.3 is 0 Å². The molecular weight excluding hydrogens is 336 g/mol. The van der Waals surface area contributed by atoms with Crippen molar-refractivity contribution in [2.24, 2.45) is 0 Å². The minimum Gasteiger partial charge on any atom is -0.424 e. The Hall–Kier alpha value is -1.92. The molecule has 3 aromatic rings. The zero-order valence-electron chi connectivity index (χ0n) is 16.2. The summed E-state index contributed by atoms with van der Waals surface area (Å²) in [5, 5.41) is 1.27. The van der Waals surface area contributed by atoms with E-state index in [-0.39, 0.29) is 0 Å². The number of benzene rings is 2. The molecule has 0 atom stereocenters. The van der Waals surface area contributed by atoms with Crippen LogP contribution in [-0.4, -0.2) is 21.5 Å². The molecule has 0 fully saturated rings. The van der Waals surface area contributed by atoms with E-state index in [1.165, 1.54) is 16.6 Å². The first-order valence-electron chi connectivity index (χ1n) is 8.93. The minimum absolute atomic E-state index is 1.07. The van der Waals surface area contributed by atoms with E-state index in [0.717, 1.165) is 11.2 Å². The molecule has 0 N–H and O–H groups in total. The van der Waals surface area contributed by atoms with E-state index in [0.29, 0.717) is 0 Å². The minimum atomic E-state index is -1.54. The van der Waals surface area contributed by atoms with Gasteiger partial charge in [0.1, 0.15) is 16.5 Å². The van der Waals surface area contributed by atoms with Gasteiger partial charge in [-0.05, 0) is 12.1 Å². The molecule has 0 saturated carbocycles. The van der Waals surface area contributed by atoms with Gasteiger partial charge in [0, 0.05) is 16.6 Å². The molecule has 0 saturated heterocycles. The Balaban J connectivity index is 2.33. The maximum Gasteiger partial charge on any atom is 0.138 e. The molecule has 0 unspecified atom stereocenters. The molecular formula is C21H28N2Si2. The summed E-state index contributed by atoms with van der Waals surface area (Å²) in [6.45, 7) is 14.7. The van der Waals surface area contributed by atoms with Crippen LogP contribution < -0.4 is 4.23 Å². The number of hydrogen-bond donors (Lipinski definition) is 0. The third-order valence-electron chi connectivity index (χ3n) is 4.35. The third-order valence-corrected chi connectivity index (χ3v) is 11.5. The van der Waals surface area contributed by atoms with Gasteiger partial charge in [-0.25, -0.2) is 4.98 Å². The predicted molar refractivity (Wildman–Crippen MR) is 116 cm³/mol. The molecule has 0 aliphatic rings. The number of nitrogens with zero attached hydrogens (tertiary/aromatic N) is 2. The molecule has 130 valence electrons. The van der Waals surface area contributed by atoms with Crippen molar-refractivity contribution in [1.29, 1.82) is 0 Å². The lowest BCUT2D eigenvalue weighted by Gasteiger charge is -2.46. The Bertz CT molecular complexity index is 864. The molecule has 0 spiro atoms. The summed E-state index contributed by atoms with van der Waals surface area (Å²) in [7, 11) is -3.07. The number of pyridine rings is 1. The Labute approximate surface area is 153 Å². The average Bonchev–Trinajstić information content (AvgIpc) is 2.53. The summed E-state index contributed by atoms with van der Waals surface area (Å²) >= 11 is 0. The summed E-state index contributed by atoms with van der Waals surface area (Å²) in [4.78, 5) is 4.96. The lowest BCUT2D eigenvalue weighted by molar-refractivity contribution is 1.33. The summed E-state index contributed by atoms with van der Waals surface area (Å²) in [5.41, 5.74) is 4.69. The zero-order valence-corrected chi connectivity index (χ0v) is 18.2. The van der Waals surface area contributed by atoms with Crippen LogP contribution in [0.15, 0.2) is 60.7 Å². The maximum atomic E-state index is 4.96. The summed E-state index contributed by atoms with van der Waals surface area (Å²) < 4.78 is 2.79. The number of fused-ring (bicyclic) bond motifs is 1. The second-order valence-corrected chi connectivity index (χ2v) is 18.6. The van der Waals surface area contributed by atoms with E-state index < -0.39 is 16.5 Å². The first kappa shape index (κ1) is 17.9. The topological polar surface area (TPSA) is 16.1 Å². The Morgan fingerprint density at radius 2 is 1.28 bits per heavy atom. The van der Waals surface area contributed by atoms with Crippen molar-refractivity contribution in [1.82, 2.24) is 4.98 Å². The molecule has 0 aliphatic heterocycles. The number of aromatic nitrogens is 1. The van der Waals surface area contributed by atoms with Gasteiger partial charge in [0.25, 0.3) is 0 Å². The zero-order chi connectivity index (χ0) is 18.2. The predicted octanol–water partition coefficient (Wildman–Crippen LogP) is 6.38. The first-order chi connectivity index (χ1) is 11.7. The average molecular weight is 365 g/mol. The monoisotopic (exact) mass is 364 g/mol. The van der Waals surface area contributed by atoms with Crippen LogP contribution in [-0.2, 0) is 0 Å². The molecule has 0 amide bonds. The van der Waals surface area contributed by atoms with Crippen molar-refractivity contribution in [2.45, 2.75) is 39.3 Å². The lowest BCUT2D eigenvalue weighted by Crippen LogP contribution is -2.59. The van der Waals surface area contributed by atoms with Gasteiger partial charge in [0.05, 0.1) is 11.2 Å². The molecule has 3 rings (SSSR count). The highest BCUT2D eigenvalue weighted by molar-refractivity contribution is 6.99. The fourth-order valence-electron chi connectivity index (χ4n) is 3.83. The number of rotatable bonds is 4. The highest BCUT2D eigenvalue weighted by Gasteiger charge is 2.35. The summed E-state index contributed by atoms with van der Waals surface area (Å²) in [6, 6.07) is 21.4. The number of anilines is 1. The fraction of sp³-hybridized carbons (Fsp3) is 0.286. The Kier molecular flexibility index (Phi) is 4.60. The van der Waals surface area contributed by atoms with Crippen LogP contribution in [0.25, 0.3) is 22.2 Å². The van der Waals surface area contributed by atoms with Crippen molar-refractivity contribution in [3.63, 3.8) is 0 Å². The molecule has 4 heteroatoms. The van der Waals surface area contributed by atoms with E-state index >= 15 is 0 Å². The SMILES string of the molecule is C[Si](C)(C)N(c1cc(-c2ccccc2)nc2ccccc12)[Si](C)(C)C. The Morgan fingerprint density at radius 1 is 0.720 bits per heavy atom. The van der Waals surface area contributed by atoms with Crippen molar-refractivity contribution in [3.05, 3.63) is 60.7 Å². The quantitative estimate of drug-likeness (QED) is 0.499. The molecule has 1 aromatic heterocycles. The standard InChI is InChI=1S/C21H28N2Si2/c1-24(2,3)23(25(4,5)6)21-16-20(17-12-8-7-9-13-17)22-19-15-11-10-14-18(19)21/h7-16H,1-6H3. The Morgan fingerprint density at radius 3 is 1.88 bits per heavy atom. The van der Waals surface area contributed by atoms with Crippen LogP contribution in [0.2, 0.25) is 39.3 Å². The first-order valence-corrected chi connectivity index (χ1v) is 15.8. The largest absolute Gasteiger partial charge is 0.424 e. The second-order valence-electron chi connectivity index (χ2n) is 8.59. The van der Waals surface area contributed by atoms with E-state index in [4.69, 9.17) is 4.98 Å². The van der Waals surface area contributed by atoms with E-state index in [1.807, 2.05) is 0 Å². The van der Waals surface area contributed by atoms with E-state index in [9.17, 15) is 0 Å². The molecule has 25 heavy (non-hydrogen) atoms. The molecule has 0 bridgehead atoms. The molecule has 2 aromatic carbocycles. The maximum absolute atomic E-state index is 4.96. The highest BCUT2D eigenvalue weighted by atomic mass is 28.4. The van der Waals surface area contributed by atoms with Crippen molar-refractivity contribution < 1.29 is 0 Å². The molecule has 0 radical (unpaired) electrons. The lowest BCUT2D eigenvalue weighted by atomic mass is 10.1. The van der Waals surface area contributed by atoms with Gasteiger partial charge < -0.3 is 4.23 Å². The van der Waals surface area contributed by atoms with E-state index in [1.54, 1.807) is 0 Å². The van der Waals surface area contributed by atoms with Crippen LogP contribution in [0, 0.1) is 0 Å². The highest BCUT2D eigenvalue weighted by Crippen LogP contribution is 2.36. The summed E-state index contributed by atoms with van der Waals surface area (Å²) in [6.07, 6.45) is 0. The van der Waals surface area contributed by atoms with Crippen molar-refractivity contribution in [3.8, 4) is 11.3 Å². The third kappa shape index (κ3) is 3.70. The number of para-hydroxylation sites is 1. The number of hydrogen-bond acceptors (Lipinski definition) is 2. The van der Waals surface area contributed by atoms with Crippen molar-refractivity contribution in [2.75, 3.05) is 4.23 Å². The van der Waals surface area contributed by atoms with Gasteiger partial charge in [0.2, 0.25) is 0 Å². The fourth-order valence-corrected chi connectivity index (χ4v) is 13.7. The van der Waals surface area contributed by atoms with Gasteiger partial charge in [0.15, 0.2) is 0 Å². The molecule has 1 heterocycles. The van der Waals surface area contributed by atoms with Crippen LogP contribution in [0.5, 0.6) is 0 Å². The van der Waals surface area contributed by atoms with Gasteiger partial charge in [-0.1, -0.05) is 87.8 Å². The normalized spacial score (nSPS) is 12.4. The van der Waals surface area contributed by atoms with Gasteiger partial charge in [-0.2, -0.15) is 0 Å². The molecule has 2 nitrogen and oxygen atoms in total. The van der Waals surface area contributed by atoms with Crippen LogP contribution in [0.1, 0.15) is 0 Å². The smallest absolute Gasteiger partial charge is 0.138 e. The molecule has 0 aliphatic carbocycles. The van der Waals surface area contributed by atoms with Crippen molar-refractivity contribution >= 4 is 33.1 Å². The summed E-state index contributed by atoms with van der Waals surface area (Å²) in [5.74, 6) is 0. The van der Waals surface area contributed by atoms with Crippen LogP contribution in [0.3, 0.4) is 0 Å². The van der Waals surface area contributed by atoms with Gasteiger partial charge in [-0.3, -0.25) is 0 Å². The van der Waals surface area contributed by atoms with Gasteiger partial charge in [-0.15, -0.1) is 0 Å². The van der Waals surface area contributed by atoms with Crippen LogP contribution >= 0.6 is 0 Å². The van der Waals surface area contributed by atoms with E-state index in [2.05, 4.69) is 104 Å². The van der Waals surface area contributed by atoms with Crippen LogP contribution in [0.4, 0.5) is 5.69 Å².